The minimum Gasteiger partial charge on any atom is -0.398 e. The van der Waals surface area contributed by atoms with Gasteiger partial charge in [0.15, 0.2) is 0 Å². The van der Waals surface area contributed by atoms with E-state index < -0.39 is 0 Å². The zero-order valence-electron chi connectivity index (χ0n) is 11.3. The van der Waals surface area contributed by atoms with Crippen molar-refractivity contribution in [3.8, 4) is 0 Å². The van der Waals surface area contributed by atoms with Gasteiger partial charge in [0.05, 0.1) is 12.2 Å². The summed E-state index contributed by atoms with van der Waals surface area (Å²) in [5.74, 6) is 1.10. The second-order valence-electron chi connectivity index (χ2n) is 4.63. The smallest absolute Gasteiger partial charge is 0.137 e. The van der Waals surface area contributed by atoms with Crippen LogP contribution in [0.3, 0.4) is 0 Å². The number of allylic oxidation sites excluding steroid dienone is 2. The van der Waals surface area contributed by atoms with E-state index in [1.807, 2.05) is 20.0 Å². The molecule has 0 radical (unpaired) electrons. The Morgan fingerprint density at radius 1 is 1.50 bits per heavy atom. The number of nitrogens with zero attached hydrogens (tertiary/aromatic N) is 3. The van der Waals surface area contributed by atoms with Gasteiger partial charge in [-0.2, -0.15) is 0 Å². The third kappa shape index (κ3) is 2.67. The van der Waals surface area contributed by atoms with Crippen LogP contribution in [0.15, 0.2) is 28.7 Å². The van der Waals surface area contributed by atoms with Crippen LogP contribution in [0.1, 0.15) is 19.8 Å². The minimum atomic E-state index is 0.867. The lowest BCUT2D eigenvalue weighted by atomic mass is 10.2. The van der Waals surface area contributed by atoms with Crippen LogP contribution in [-0.2, 0) is 0 Å². The SMILES string of the molecule is C/C=C\C(CCNC1=C(N)CN2CCCN12)=NC. The molecule has 2 aliphatic rings. The van der Waals surface area contributed by atoms with E-state index in [1.165, 1.54) is 6.42 Å². The number of fused-ring (bicyclic) bond motifs is 1. The van der Waals surface area contributed by atoms with Crippen LogP contribution in [-0.4, -0.2) is 49.0 Å². The van der Waals surface area contributed by atoms with Crippen molar-refractivity contribution in [2.24, 2.45) is 10.7 Å². The lowest BCUT2D eigenvalue weighted by Gasteiger charge is -2.24. The molecule has 0 saturated carbocycles. The maximum atomic E-state index is 6.07. The predicted octanol–water partition coefficient (Wildman–Crippen LogP) is 0.677. The monoisotopic (exact) mass is 249 g/mol. The summed E-state index contributed by atoms with van der Waals surface area (Å²) in [5, 5.41) is 8.03. The van der Waals surface area contributed by atoms with Crippen molar-refractivity contribution in [1.82, 2.24) is 15.3 Å². The summed E-state index contributed by atoms with van der Waals surface area (Å²) >= 11 is 0. The Morgan fingerprint density at radius 2 is 2.33 bits per heavy atom. The van der Waals surface area contributed by atoms with Crippen LogP contribution < -0.4 is 11.1 Å². The van der Waals surface area contributed by atoms with Gasteiger partial charge >= 0.3 is 0 Å². The van der Waals surface area contributed by atoms with E-state index in [1.54, 1.807) is 0 Å². The van der Waals surface area contributed by atoms with Gasteiger partial charge in [0.2, 0.25) is 0 Å². The second kappa shape index (κ2) is 5.91. The van der Waals surface area contributed by atoms with Crippen LogP contribution in [0.4, 0.5) is 0 Å². The van der Waals surface area contributed by atoms with Crippen molar-refractivity contribution in [3.05, 3.63) is 23.7 Å². The highest BCUT2D eigenvalue weighted by atomic mass is 15.7. The highest BCUT2D eigenvalue weighted by molar-refractivity contribution is 5.94. The molecule has 5 nitrogen and oxygen atoms in total. The molecule has 2 aliphatic heterocycles. The molecule has 2 heterocycles. The zero-order chi connectivity index (χ0) is 13.0. The third-order valence-corrected chi connectivity index (χ3v) is 3.36. The molecular weight excluding hydrogens is 226 g/mol. The Kier molecular flexibility index (Phi) is 4.25. The average Bonchev–Trinajstić information content (AvgIpc) is 2.90. The molecule has 0 aliphatic carbocycles. The Bertz CT molecular complexity index is 383. The van der Waals surface area contributed by atoms with Gasteiger partial charge in [-0.05, 0) is 19.4 Å². The Balaban J connectivity index is 1.85. The van der Waals surface area contributed by atoms with Gasteiger partial charge in [-0.15, -0.1) is 0 Å². The molecular formula is C13H23N5. The van der Waals surface area contributed by atoms with Crippen LogP contribution >= 0.6 is 0 Å². The van der Waals surface area contributed by atoms with Gasteiger partial charge < -0.3 is 11.1 Å². The van der Waals surface area contributed by atoms with E-state index in [2.05, 4.69) is 26.4 Å². The van der Waals surface area contributed by atoms with Crippen LogP contribution in [0.25, 0.3) is 0 Å². The summed E-state index contributed by atoms with van der Waals surface area (Å²) in [6.45, 7) is 5.94. The van der Waals surface area contributed by atoms with Crippen molar-refractivity contribution < 1.29 is 0 Å². The van der Waals surface area contributed by atoms with E-state index in [9.17, 15) is 0 Å². The number of hydrazine groups is 1. The molecule has 5 heteroatoms. The average molecular weight is 249 g/mol. The molecule has 0 bridgehead atoms. The molecule has 100 valence electrons. The van der Waals surface area contributed by atoms with E-state index in [0.29, 0.717) is 0 Å². The van der Waals surface area contributed by atoms with Crippen LogP contribution in [0.2, 0.25) is 0 Å². The number of nitrogens with two attached hydrogens (primary N) is 1. The molecule has 2 rings (SSSR count). The molecule has 3 N–H and O–H groups in total. The summed E-state index contributed by atoms with van der Waals surface area (Å²) in [7, 11) is 1.83. The first-order chi connectivity index (χ1) is 8.76. The summed E-state index contributed by atoms with van der Waals surface area (Å²) in [6, 6.07) is 0. The standard InChI is InChI=1S/C13H23N5/c1-3-5-11(15-2)6-7-16-13-12(14)10-17-8-4-9-18(13)17/h3,5,16H,4,6-10,14H2,1-2H3/b5-3-,15-11?. The van der Waals surface area contributed by atoms with E-state index in [4.69, 9.17) is 5.73 Å². The van der Waals surface area contributed by atoms with Gasteiger partial charge in [-0.3, -0.25) is 10.0 Å². The van der Waals surface area contributed by atoms with Crippen molar-refractivity contribution in [2.45, 2.75) is 19.8 Å². The zero-order valence-corrected chi connectivity index (χ0v) is 11.3. The number of hydrogen-bond acceptors (Lipinski definition) is 5. The topological polar surface area (TPSA) is 56.9 Å². The lowest BCUT2D eigenvalue weighted by Crippen LogP contribution is -2.35. The highest BCUT2D eigenvalue weighted by Crippen LogP contribution is 2.23. The maximum absolute atomic E-state index is 6.07. The number of hydrogen-bond donors (Lipinski definition) is 2. The second-order valence-corrected chi connectivity index (χ2v) is 4.63. The van der Waals surface area contributed by atoms with Crippen molar-refractivity contribution in [2.75, 3.05) is 33.2 Å². The molecule has 1 fully saturated rings. The third-order valence-electron chi connectivity index (χ3n) is 3.36. The molecule has 0 aromatic rings. The van der Waals surface area contributed by atoms with Crippen molar-refractivity contribution in [1.29, 1.82) is 0 Å². The number of nitrogens with one attached hydrogen (secondary N) is 1. The number of rotatable bonds is 5. The molecule has 0 aromatic heterocycles. The van der Waals surface area contributed by atoms with E-state index in [-0.39, 0.29) is 0 Å². The summed E-state index contributed by atoms with van der Waals surface area (Å²) in [5.41, 5.74) is 8.13. The minimum absolute atomic E-state index is 0.867. The molecule has 0 amide bonds. The Morgan fingerprint density at radius 3 is 3.06 bits per heavy atom. The van der Waals surface area contributed by atoms with Crippen molar-refractivity contribution in [3.63, 3.8) is 0 Å². The first-order valence-corrected chi connectivity index (χ1v) is 6.59. The van der Waals surface area contributed by atoms with Gasteiger partial charge in [-0.25, -0.2) is 5.01 Å². The molecule has 0 spiro atoms. The molecule has 1 saturated heterocycles. The summed E-state index contributed by atoms with van der Waals surface area (Å²) in [6.07, 6.45) is 6.22. The summed E-state index contributed by atoms with van der Waals surface area (Å²) < 4.78 is 0. The highest BCUT2D eigenvalue weighted by Gasteiger charge is 2.31. The molecule has 0 aromatic carbocycles. The fraction of sp³-hybridized carbons (Fsp3) is 0.615. The Hall–Kier alpha value is -1.49. The lowest BCUT2D eigenvalue weighted by molar-refractivity contribution is 0.0942. The fourth-order valence-electron chi connectivity index (χ4n) is 2.50. The quantitative estimate of drug-likeness (QED) is 0.703. The predicted molar refractivity (Wildman–Crippen MR) is 74.9 cm³/mol. The molecule has 0 atom stereocenters. The van der Waals surface area contributed by atoms with Gasteiger partial charge in [0.1, 0.15) is 5.82 Å². The first-order valence-electron chi connectivity index (χ1n) is 6.59. The fourth-order valence-corrected chi connectivity index (χ4v) is 2.50. The van der Waals surface area contributed by atoms with E-state index in [0.717, 1.165) is 49.8 Å². The molecule has 18 heavy (non-hydrogen) atoms. The van der Waals surface area contributed by atoms with Gasteiger partial charge in [0, 0.05) is 38.8 Å². The maximum Gasteiger partial charge on any atom is 0.137 e. The number of aliphatic imine (C=N–C) groups is 1. The molecule has 0 unspecified atom stereocenters. The van der Waals surface area contributed by atoms with Gasteiger partial charge in [0.25, 0.3) is 0 Å². The van der Waals surface area contributed by atoms with Crippen molar-refractivity contribution >= 4 is 5.71 Å². The normalized spacial score (nSPS) is 21.2. The Labute approximate surface area is 109 Å². The largest absolute Gasteiger partial charge is 0.398 e. The van der Waals surface area contributed by atoms with Crippen LogP contribution in [0.5, 0.6) is 0 Å². The summed E-state index contributed by atoms with van der Waals surface area (Å²) in [4.78, 5) is 4.25. The van der Waals surface area contributed by atoms with Gasteiger partial charge in [-0.1, -0.05) is 6.08 Å². The first kappa shape index (κ1) is 13.0. The van der Waals surface area contributed by atoms with E-state index >= 15 is 0 Å². The van der Waals surface area contributed by atoms with Crippen LogP contribution in [0, 0.1) is 0 Å².